The molecule has 7 nitrogen and oxygen atoms in total. The predicted octanol–water partition coefficient (Wildman–Crippen LogP) is 2.19. The van der Waals surface area contributed by atoms with Crippen LogP contribution in [0.1, 0.15) is 29.2 Å². The van der Waals surface area contributed by atoms with Crippen molar-refractivity contribution in [3.63, 3.8) is 0 Å². The highest BCUT2D eigenvalue weighted by molar-refractivity contribution is 5.79. The lowest BCUT2D eigenvalue weighted by atomic mass is 9.89. The molecule has 3 rings (SSSR count). The normalized spacial score (nSPS) is 12.1. The third-order valence-corrected chi connectivity index (χ3v) is 4.19. The first-order valence-electron chi connectivity index (χ1n) is 7.93. The number of esters is 1. The van der Waals surface area contributed by atoms with Crippen molar-refractivity contribution in [1.82, 2.24) is 4.98 Å². The Balaban J connectivity index is 2.26. The molecule has 0 unspecified atom stereocenters. The Labute approximate surface area is 147 Å². The van der Waals surface area contributed by atoms with Crippen LogP contribution in [0.4, 0.5) is 0 Å². The molecule has 0 spiro atoms. The summed E-state index contributed by atoms with van der Waals surface area (Å²) < 4.78 is 9.74. The lowest BCUT2D eigenvalue weighted by Gasteiger charge is -2.16. The van der Waals surface area contributed by atoms with Crippen LogP contribution in [0, 0.1) is 6.92 Å². The Morgan fingerprint density at radius 3 is 2.69 bits per heavy atom. The molecular formula is C19H17NO6. The molecule has 0 fully saturated rings. The van der Waals surface area contributed by atoms with E-state index in [1.165, 1.54) is 20.1 Å². The monoisotopic (exact) mass is 355 g/mol. The van der Waals surface area contributed by atoms with Crippen molar-refractivity contribution in [2.75, 3.05) is 7.11 Å². The number of aromatic hydroxyl groups is 1. The van der Waals surface area contributed by atoms with Gasteiger partial charge in [0.2, 0.25) is 0 Å². The van der Waals surface area contributed by atoms with Crippen molar-refractivity contribution in [2.45, 2.75) is 19.3 Å². The number of nitrogens with one attached hydrogen (secondary N) is 1. The first-order valence-corrected chi connectivity index (χ1v) is 7.93. The summed E-state index contributed by atoms with van der Waals surface area (Å²) in [5.41, 5.74) is -0.624. The maximum atomic E-state index is 12.6. The number of H-pyrrole nitrogens is 1. The van der Waals surface area contributed by atoms with Crippen LogP contribution in [-0.4, -0.2) is 23.2 Å². The summed E-state index contributed by atoms with van der Waals surface area (Å²) in [5.74, 6) is -1.74. The number of aromatic amines is 1. The predicted molar refractivity (Wildman–Crippen MR) is 94.4 cm³/mol. The van der Waals surface area contributed by atoms with E-state index in [1.807, 2.05) is 0 Å². The Morgan fingerprint density at radius 2 is 2.00 bits per heavy atom. The zero-order valence-corrected chi connectivity index (χ0v) is 14.2. The van der Waals surface area contributed by atoms with Crippen LogP contribution in [0.25, 0.3) is 10.9 Å². The molecule has 2 heterocycles. The van der Waals surface area contributed by atoms with Gasteiger partial charge in [-0.05, 0) is 24.4 Å². The molecule has 0 aliphatic heterocycles. The van der Waals surface area contributed by atoms with Crippen LogP contribution in [-0.2, 0) is 9.53 Å². The number of benzene rings is 1. The highest BCUT2D eigenvalue weighted by atomic mass is 16.5. The molecule has 7 heteroatoms. The van der Waals surface area contributed by atoms with Gasteiger partial charge in [0, 0.05) is 23.1 Å². The van der Waals surface area contributed by atoms with Gasteiger partial charge >= 0.3 is 11.6 Å². The van der Waals surface area contributed by atoms with Crippen LogP contribution in [0.5, 0.6) is 5.75 Å². The van der Waals surface area contributed by atoms with Gasteiger partial charge < -0.3 is 19.2 Å². The number of aryl methyl sites for hydroxylation is 1. The van der Waals surface area contributed by atoms with Gasteiger partial charge in [-0.25, -0.2) is 4.79 Å². The first kappa shape index (κ1) is 17.5. The van der Waals surface area contributed by atoms with Gasteiger partial charge in [0.1, 0.15) is 11.5 Å². The second-order valence-corrected chi connectivity index (χ2v) is 5.92. The van der Waals surface area contributed by atoms with E-state index >= 15 is 0 Å². The van der Waals surface area contributed by atoms with E-state index in [2.05, 4.69) is 9.72 Å². The Kier molecular flexibility index (Phi) is 4.62. The van der Waals surface area contributed by atoms with Gasteiger partial charge in [-0.1, -0.05) is 18.2 Å². The van der Waals surface area contributed by atoms with Gasteiger partial charge in [0.15, 0.2) is 0 Å². The zero-order valence-electron chi connectivity index (χ0n) is 14.2. The maximum Gasteiger partial charge on any atom is 0.343 e. The molecule has 3 aromatic rings. The number of para-hydroxylation sites is 1. The van der Waals surface area contributed by atoms with Gasteiger partial charge in [-0.2, -0.15) is 0 Å². The van der Waals surface area contributed by atoms with Crippen molar-refractivity contribution in [2.24, 2.45) is 0 Å². The SMILES string of the molecule is COC(=O)C[C@@H](c1cc2ccccc2[nH]c1=O)c1c(O)cc(C)oc1=O. The van der Waals surface area contributed by atoms with E-state index in [0.717, 1.165) is 5.39 Å². The van der Waals surface area contributed by atoms with Crippen molar-refractivity contribution < 1.29 is 19.1 Å². The molecule has 0 saturated carbocycles. The van der Waals surface area contributed by atoms with Crippen molar-refractivity contribution in [3.8, 4) is 5.75 Å². The number of aromatic nitrogens is 1. The molecule has 26 heavy (non-hydrogen) atoms. The fourth-order valence-electron chi connectivity index (χ4n) is 2.97. The average molecular weight is 355 g/mol. The molecule has 1 atom stereocenters. The van der Waals surface area contributed by atoms with E-state index in [0.29, 0.717) is 5.52 Å². The van der Waals surface area contributed by atoms with Crippen LogP contribution in [0.3, 0.4) is 0 Å². The Hall–Kier alpha value is -3.35. The first-order chi connectivity index (χ1) is 12.4. The number of carbonyl (C=O) groups excluding carboxylic acids is 1. The lowest BCUT2D eigenvalue weighted by molar-refractivity contribution is -0.140. The molecule has 0 saturated heterocycles. The van der Waals surface area contributed by atoms with Crippen molar-refractivity contribution in [1.29, 1.82) is 0 Å². The second kappa shape index (κ2) is 6.87. The number of methoxy groups -OCH3 is 1. The molecule has 0 amide bonds. The third-order valence-electron chi connectivity index (χ3n) is 4.19. The number of pyridine rings is 1. The molecule has 0 aliphatic rings. The fraction of sp³-hybridized carbons (Fsp3) is 0.211. The summed E-state index contributed by atoms with van der Waals surface area (Å²) in [4.78, 5) is 39.5. The summed E-state index contributed by atoms with van der Waals surface area (Å²) in [5, 5.41) is 11.0. The fourth-order valence-corrected chi connectivity index (χ4v) is 2.97. The van der Waals surface area contributed by atoms with E-state index in [4.69, 9.17) is 4.42 Å². The third kappa shape index (κ3) is 3.23. The van der Waals surface area contributed by atoms with Crippen LogP contribution < -0.4 is 11.2 Å². The van der Waals surface area contributed by atoms with E-state index in [9.17, 15) is 19.5 Å². The van der Waals surface area contributed by atoms with Crippen molar-refractivity contribution in [3.05, 3.63) is 74.1 Å². The highest BCUT2D eigenvalue weighted by Crippen LogP contribution is 2.31. The molecule has 0 aliphatic carbocycles. The van der Waals surface area contributed by atoms with Gasteiger partial charge in [-0.3, -0.25) is 9.59 Å². The molecule has 2 aromatic heterocycles. The Morgan fingerprint density at radius 1 is 1.27 bits per heavy atom. The van der Waals surface area contributed by atoms with Gasteiger partial charge in [-0.15, -0.1) is 0 Å². The summed E-state index contributed by atoms with van der Waals surface area (Å²) in [6.07, 6.45) is -0.292. The minimum Gasteiger partial charge on any atom is -0.507 e. The zero-order chi connectivity index (χ0) is 18.8. The number of ether oxygens (including phenoxy) is 1. The van der Waals surface area contributed by atoms with Gasteiger partial charge in [0.25, 0.3) is 5.56 Å². The minimum atomic E-state index is -1.01. The number of hydrogen-bond acceptors (Lipinski definition) is 6. The average Bonchev–Trinajstić information content (AvgIpc) is 2.59. The van der Waals surface area contributed by atoms with E-state index < -0.39 is 23.1 Å². The van der Waals surface area contributed by atoms with Crippen LogP contribution in [0.2, 0.25) is 0 Å². The topological polar surface area (TPSA) is 110 Å². The summed E-state index contributed by atoms with van der Waals surface area (Å²) in [6, 6.07) is 9.99. The second-order valence-electron chi connectivity index (χ2n) is 5.92. The van der Waals surface area contributed by atoms with Gasteiger partial charge in [0.05, 0.1) is 19.1 Å². The lowest BCUT2D eigenvalue weighted by Crippen LogP contribution is -2.24. The van der Waals surface area contributed by atoms with Crippen LogP contribution in [0.15, 0.2) is 50.4 Å². The smallest absolute Gasteiger partial charge is 0.343 e. The summed E-state index contributed by atoms with van der Waals surface area (Å²) >= 11 is 0. The summed E-state index contributed by atoms with van der Waals surface area (Å²) in [6.45, 7) is 1.52. The molecule has 2 N–H and O–H groups in total. The quantitative estimate of drug-likeness (QED) is 0.694. The molecule has 0 bridgehead atoms. The summed E-state index contributed by atoms with van der Waals surface area (Å²) in [7, 11) is 1.21. The largest absolute Gasteiger partial charge is 0.507 e. The highest BCUT2D eigenvalue weighted by Gasteiger charge is 2.28. The number of fused-ring (bicyclic) bond motifs is 1. The van der Waals surface area contributed by atoms with E-state index in [1.54, 1.807) is 30.3 Å². The Bertz CT molecular complexity index is 1100. The van der Waals surface area contributed by atoms with Crippen molar-refractivity contribution >= 4 is 16.9 Å². The van der Waals surface area contributed by atoms with E-state index in [-0.39, 0.29) is 29.1 Å². The molecule has 1 aromatic carbocycles. The number of carbonyl (C=O) groups is 1. The standard InChI is InChI=1S/C19H17NO6/c1-10-7-15(21)17(19(24)26-10)12(9-16(22)25-2)13-8-11-5-3-4-6-14(11)20-18(13)23/h3-8,12,21H,9H2,1-2H3,(H,20,23)/t12-/m0/s1. The number of hydrogen-bond donors (Lipinski definition) is 2. The molecule has 0 radical (unpaired) electrons. The van der Waals surface area contributed by atoms with Crippen LogP contribution >= 0.6 is 0 Å². The number of rotatable bonds is 4. The molecular weight excluding hydrogens is 338 g/mol. The molecule has 134 valence electrons. The maximum absolute atomic E-state index is 12.6. The minimum absolute atomic E-state index is 0.151.